The number of carbonyl (C=O) groups is 3. The van der Waals surface area contributed by atoms with E-state index in [2.05, 4.69) is 17.4 Å². The van der Waals surface area contributed by atoms with Crippen LogP contribution in [-0.2, 0) is 4.79 Å². The molecule has 1 aliphatic carbocycles. The van der Waals surface area contributed by atoms with Gasteiger partial charge in [0.15, 0.2) is 0 Å². The van der Waals surface area contributed by atoms with E-state index in [-0.39, 0.29) is 29.7 Å². The summed E-state index contributed by atoms with van der Waals surface area (Å²) < 4.78 is 0. The molecule has 2 saturated heterocycles. The quantitative estimate of drug-likeness (QED) is 0.791. The maximum absolute atomic E-state index is 12.9. The van der Waals surface area contributed by atoms with Crippen molar-refractivity contribution in [2.75, 3.05) is 26.2 Å². The Morgan fingerprint density at radius 1 is 0.781 bits per heavy atom. The summed E-state index contributed by atoms with van der Waals surface area (Å²) in [7, 11) is 0. The summed E-state index contributed by atoms with van der Waals surface area (Å²) >= 11 is 0. The molecule has 5 rings (SSSR count). The van der Waals surface area contributed by atoms with Crippen molar-refractivity contribution in [1.82, 2.24) is 15.1 Å². The first-order valence-electron chi connectivity index (χ1n) is 11.6. The summed E-state index contributed by atoms with van der Waals surface area (Å²) in [5, 5.41) is 3.17. The van der Waals surface area contributed by atoms with Gasteiger partial charge in [-0.05, 0) is 55.5 Å². The molecule has 32 heavy (non-hydrogen) atoms. The minimum atomic E-state index is -0.160. The van der Waals surface area contributed by atoms with Gasteiger partial charge < -0.3 is 15.1 Å². The molecule has 3 amide bonds. The molecule has 2 aliphatic heterocycles. The Balaban J connectivity index is 1.13. The summed E-state index contributed by atoms with van der Waals surface area (Å²) in [6, 6.07) is 17.4. The van der Waals surface area contributed by atoms with Crippen LogP contribution in [0.15, 0.2) is 54.6 Å². The fourth-order valence-corrected chi connectivity index (χ4v) is 4.92. The molecule has 1 unspecified atom stereocenters. The Morgan fingerprint density at radius 2 is 1.41 bits per heavy atom. The zero-order chi connectivity index (χ0) is 22.1. The molecule has 6 nitrogen and oxygen atoms in total. The molecule has 3 fully saturated rings. The lowest BCUT2D eigenvalue weighted by Gasteiger charge is -2.18. The summed E-state index contributed by atoms with van der Waals surface area (Å²) in [6.45, 7) is 2.65. The van der Waals surface area contributed by atoms with Gasteiger partial charge in [0.25, 0.3) is 11.8 Å². The van der Waals surface area contributed by atoms with Crippen LogP contribution in [0.1, 0.15) is 57.9 Å². The average Bonchev–Trinajstić information content (AvgIpc) is 3.23. The van der Waals surface area contributed by atoms with E-state index in [0.717, 1.165) is 32.4 Å². The van der Waals surface area contributed by atoms with Gasteiger partial charge in [0.05, 0.1) is 5.92 Å². The van der Waals surface area contributed by atoms with Crippen LogP contribution in [0.5, 0.6) is 0 Å². The second-order valence-corrected chi connectivity index (χ2v) is 9.18. The van der Waals surface area contributed by atoms with Gasteiger partial charge in [-0.1, -0.05) is 30.3 Å². The van der Waals surface area contributed by atoms with Gasteiger partial charge in [-0.3, -0.25) is 14.4 Å². The van der Waals surface area contributed by atoms with Gasteiger partial charge in [-0.2, -0.15) is 0 Å². The van der Waals surface area contributed by atoms with E-state index in [1.54, 1.807) is 29.2 Å². The maximum Gasteiger partial charge on any atom is 0.253 e. The van der Waals surface area contributed by atoms with Crippen LogP contribution in [-0.4, -0.2) is 59.7 Å². The highest BCUT2D eigenvalue weighted by Gasteiger charge is 2.41. The Labute approximate surface area is 188 Å². The maximum atomic E-state index is 12.9. The number of hydrogen-bond donors (Lipinski definition) is 1. The molecule has 1 N–H and O–H groups in total. The van der Waals surface area contributed by atoms with Gasteiger partial charge in [-0.15, -0.1) is 0 Å². The first-order chi connectivity index (χ1) is 15.6. The van der Waals surface area contributed by atoms with Gasteiger partial charge in [0, 0.05) is 49.3 Å². The van der Waals surface area contributed by atoms with E-state index in [1.807, 2.05) is 23.1 Å². The predicted octanol–water partition coefficient (Wildman–Crippen LogP) is 3.06. The molecular weight excluding hydrogens is 402 g/mol. The van der Waals surface area contributed by atoms with Crippen LogP contribution < -0.4 is 5.32 Å². The van der Waals surface area contributed by atoms with Crippen molar-refractivity contribution >= 4 is 17.7 Å². The smallest absolute Gasteiger partial charge is 0.253 e. The van der Waals surface area contributed by atoms with Crippen LogP contribution in [0.25, 0.3) is 0 Å². The van der Waals surface area contributed by atoms with Crippen molar-refractivity contribution in [3.05, 3.63) is 71.3 Å². The Bertz CT molecular complexity index is 999. The average molecular weight is 432 g/mol. The number of hydrogen-bond acceptors (Lipinski definition) is 3. The molecule has 1 saturated carbocycles. The molecule has 6 heteroatoms. The minimum Gasteiger partial charge on any atom is -0.352 e. The van der Waals surface area contributed by atoms with Crippen LogP contribution in [0.4, 0.5) is 0 Å². The third-order valence-corrected chi connectivity index (χ3v) is 6.96. The van der Waals surface area contributed by atoms with E-state index >= 15 is 0 Å². The fraction of sp³-hybridized carbons (Fsp3) is 0.423. The molecule has 0 aromatic heterocycles. The minimum absolute atomic E-state index is 0.0355. The zero-order valence-electron chi connectivity index (χ0n) is 18.2. The van der Waals surface area contributed by atoms with Crippen LogP contribution in [0.3, 0.4) is 0 Å². The standard InChI is InChI=1S/C26H29N3O3/c30-24(27-23-16-22(23)18-6-2-1-3-7-18)21-12-15-29(17-21)26(32)20-10-8-19(9-11-20)25(31)28-13-4-5-14-28/h1-3,6-11,21-23H,4-5,12-17H2,(H,27,30)/t21?,22-,23+/m1/s1. The highest BCUT2D eigenvalue weighted by atomic mass is 16.2. The number of carbonyl (C=O) groups excluding carboxylic acids is 3. The lowest BCUT2D eigenvalue weighted by Crippen LogP contribution is -2.36. The van der Waals surface area contributed by atoms with Crippen LogP contribution >= 0.6 is 0 Å². The molecule has 0 spiro atoms. The van der Waals surface area contributed by atoms with Crippen LogP contribution in [0.2, 0.25) is 0 Å². The molecule has 2 heterocycles. The second-order valence-electron chi connectivity index (χ2n) is 9.18. The molecule has 2 aromatic carbocycles. The molecule has 3 aliphatic rings. The van der Waals surface area contributed by atoms with Crippen molar-refractivity contribution in [2.45, 2.75) is 37.6 Å². The summed E-state index contributed by atoms with van der Waals surface area (Å²) in [6.07, 6.45) is 3.78. The first kappa shape index (κ1) is 20.7. The summed E-state index contributed by atoms with van der Waals surface area (Å²) in [4.78, 5) is 41.8. The van der Waals surface area contributed by atoms with Crippen molar-refractivity contribution < 1.29 is 14.4 Å². The monoisotopic (exact) mass is 431 g/mol. The lowest BCUT2D eigenvalue weighted by atomic mass is 10.1. The topological polar surface area (TPSA) is 69.7 Å². The first-order valence-corrected chi connectivity index (χ1v) is 11.6. The molecule has 0 radical (unpaired) electrons. The third-order valence-electron chi connectivity index (χ3n) is 6.96. The van der Waals surface area contributed by atoms with Gasteiger partial charge in [0.2, 0.25) is 5.91 Å². The van der Waals surface area contributed by atoms with Crippen molar-refractivity contribution in [1.29, 1.82) is 0 Å². The van der Waals surface area contributed by atoms with Gasteiger partial charge >= 0.3 is 0 Å². The Kier molecular flexibility index (Phi) is 5.68. The number of likely N-dealkylation sites (tertiary alicyclic amines) is 2. The molecular formula is C26H29N3O3. The van der Waals surface area contributed by atoms with Crippen LogP contribution in [0, 0.1) is 5.92 Å². The molecule has 2 aromatic rings. The third kappa shape index (κ3) is 4.27. The van der Waals surface area contributed by atoms with E-state index in [4.69, 9.17) is 0 Å². The number of rotatable bonds is 5. The highest BCUT2D eigenvalue weighted by molar-refractivity contribution is 5.98. The second kappa shape index (κ2) is 8.77. The summed E-state index contributed by atoms with van der Waals surface area (Å²) in [5.74, 6) is 0.255. The number of nitrogens with one attached hydrogen (secondary N) is 1. The normalized spacial score (nSPS) is 24.4. The SMILES string of the molecule is O=C(N[C@H]1C[C@@H]1c1ccccc1)C1CCN(C(=O)c2ccc(C(=O)N3CCCC3)cc2)C1. The summed E-state index contributed by atoms with van der Waals surface area (Å²) in [5.41, 5.74) is 2.46. The Morgan fingerprint density at radius 3 is 2.06 bits per heavy atom. The fourth-order valence-electron chi connectivity index (χ4n) is 4.92. The predicted molar refractivity (Wildman–Crippen MR) is 121 cm³/mol. The van der Waals surface area contributed by atoms with E-state index in [0.29, 0.717) is 36.6 Å². The van der Waals surface area contributed by atoms with Crippen molar-refractivity contribution in [3.8, 4) is 0 Å². The Hall–Kier alpha value is -3.15. The zero-order valence-corrected chi connectivity index (χ0v) is 18.2. The van der Waals surface area contributed by atoms with Crippen molar-refractivity contribution in [2.24, 2.45) is 5.92 Å². The van der Waals surface area contributed by atoms with Crippen molar-refractivity contribution in [3.63, 3.8) is 0 Å². The number of nitrogens with zero attached hydrogens (tertiary/aromatic N) is 2. The van der Waals surface area contributed by atoms with Gasteiger partial charge in [0.1, 0.15) is 0 Å². The lowest BCUT2D eigenvalue weighted by molar-refractivity contribution is -0.124. The van der Waals surface area contributed by atoms with E-state index in [9.17, 15) is 14.4 Å². The number of benzene rings is 2. The number of amides is 3. The molecule has 0 bridgehead atoms. The largest absolute Gasteiger partial charge is 0.352 e. The molecule has 3 atom stereocenters. The van der Waals surface area contributed by atoms with E-state index in [1.165, 1.54) is 5.56 Å². The highest BCUT2D eigenvalue weighted by Crippen LogP contribution is 2.40. The van der Waals surface area contributed by atoms with Gasteiger partial charge in [-0.25, -0.2) is 0 Å². The van der Waals surface area contributed by atoms with E-state index < -0.39 is 0 Å². The molecule has 166 valence electrons.